The molecule has 1 aliphatic rings. The lowest BCUT2D eigenvalue weighted by Gasteiger charge is -2.41. The molecule has 1 fully saturated rings. The summed E-state index contributed by atoms with van der Waals surface area (Å²) in [6, 6.07) is 0. The SMILES string of the molecule is CC(C)CC(C)(C(=O)OCC1COC(C)(C)O1)C(C)(C)C. The Labute approximate surface area is 129 Å². The molecule has 1 saturated heterocycles. The molecule has 1 heterocycles. The molecular weight excluding hydrogens is 268 g/mol. The molecule has 1 aliphatic heterocycles. The largest absolute Gasteiger partial charge is 0.462 e. The second-order valence-corrected chi connectivity index (χ2v) is 8.23. The van der Waals surface area contributed by atoms with Gasteiger partial charge in [0.2, 0.25) is 0 Å². The second kappa shape index (κ2) is 6.25. The Morgan fingerprint density at radius 1 is 1.29 bits per heavy atom. The Morgan fingerprint density at radius 2 is 1.86 bits per heavy atom. The molecule has 21 heavy (non-hydrogen) atoms. The molecule has 1 rings (SSSR count). The Balaban J connectivity index is 2.66. The number of carbonyl (C=O) groups is 1. The number of hydrogen-bond donors (Lipinski definition) is 0. The minimum absolute atomic E-state index is 0.142. The van der Waals surface area contributed by atoms with E-state index in [2.05, 4.69) is 34.6 Å². The Morgan fingerprint density at radius 3 is 2.24 bits per heavy atom. The number of hydrogen-bond acceptors (Lipinski definition) is 4. The van der Waals surface area contributed by atoms with Crippen molar-refractivity contribution in [3.63, 3.8) is 0 Å². The molecule has 4 heteroatoms. The molecule has 0 aromatic carbocycles. The smallest absolute Gasteiger partial charge is 0.312 e. The van der Waals surface area contributed by atoms with Crippen LogP contribution in [0.5, 0.6) is 0 Å². The predicted octanol–water partition coefficient (Wildman–Crippen LogP) is 3.78. The lowest BCUT2D eigenvalue weighted by atomic mass is 9.64. The van der Waals surface area contributed by atoms with Crippen LogP contribution in [0.3, 0.4) is 0 Å². The van der Waals surface area contributed by atoms with Crippen molar-refractivity contribution in [3.8, 4) is 0 Å². The summed E-state index contributed by atoms with van der Waals surface area (Å²) in [5, 5.41) is 0. The highest BCUT2D eigenvalue weighted by Crippen LogP contribution is 2.44. The summed E-state index contributed by atoms with van der Waals surface area (Å²) in [7, 11) is 0. The van der Waals surface area contributed by atoms with Gasteiger partial charge in [0.05, 0.1) is 12.0 Å². The fraction of sp³-hybridized carbons (Fsp3) is 0.941. The maximum Gasteiger partial charge on any atom is 0.312 e. The van der Waals surface area contributed by atoms with Crippen molar-refractivity contribution in [1.29, 1.82) is 0 Å². The molecule has 124 valence electrons. The molecule has 0 aromatic rings. The van der Waals surface area contributed by atoms with Crippen LogP contribution in [0.15, 0.2) is 0 Å². The molecule has 0 amide bonds. The molecule has 2 atom stereocenters. The first kappa shape index (κ1) is 18.4. The summed E-state index contributed by atoms with van der Waals surface area (Å²) in [5.41, 5.74) is -0.656. The standard InChI is InChI=1S/C17H32O4/c1-12(2)9-17(8,15(3,4)5)14(18)19-10-13-11-20-16(6,7)21-13/h12-13H,9-11H2,1-8H3. The average molecular weight is 300 g/mol. The van der Waals surface area contributed by atoms with Gasteiger partial charge in [0.1, 0.15) is 12.7 Å². The first-order chi connectivity index (χ1) is 9.37. The van der Waals surface area contributed by atoms with Crippen molar-refractivity contribution in [2.75, 3.05) is 13.2 Å². The van der Waals surface area contributed by atoms with E-state index in [1.54, 1.807) is 0 Å². The first-order valence-electron chi connectivity index (χ1n) is 7.86. The molecular formula is C17H32O4. The first-order valence-corrected chi connectivity index (χ1v) is 7.86. The van der Waals surface area contributed by atoms with Gasteiger partial charge in [-0.25, -0.2) is 0 Å². The van der Waals surface area contributed by atoms with Gasteiger partial charge in [-0.15, -0.1) is 0 Å². The minimum atomic E-state index is -0.581. The third-order valence-corrected chi connectivity index (χ3v) is 4.39. The summed E-state index contributed by atoms with van der Waals surface area (Å²) in [4.78, 5) is 12.6. The van der Waals surface area contributed by atoms with E-state index in [1.165, 1.54) is 0 Å². The highest BCUT2D eigenvalue weighted by molar-refractivity contribution is 5.77. The van der Waals surface area contributed by atoms with E-state index in [9.17, 15) is 4.79 Å². The monoisotopic (exact) mass is 300 g/mol. The van der Waals surface area contributed by atoms with E-state index in [0.717, 1.165) is 6.42 Å². The number of esters is 1. The van der Waals surface area contributed by atoms with Crippen molar-refractivity contribution in [2.45, 2.75) is 73.7 Å². The normalized spacial score (nSPS) is 24.9. The fourth-order valence-corrected chi connectivity index (χ4v) is 2.69. The summed E-state index contributed by atoms with van der Waals surface area (Å²) < 4.78 is 16.7. The summed E-state index contributed by atoms with van der Waals surface area (Å²) in [6.07, 6.45) is 0.635. The van der Waals surface area contributed by atoms with Crippen LogP contribution in [0.25, 0.3) is 0 Å². The van der Waals surface area contributed by atoms with Crippen LogP contribution in [0, 0.1) is 16.7 Å². The zero-order valence-electron chi connectivity index (χ0n) is 14.9. The molecule has 0 bridgehead atoms. The van der Waals surface area contributed by atoms with Crippen molar-refractivity contribution in [3.05, 3.63) is 0 Å². The zero-order valence-corrected chi connectivity index (χ0v) is 14.9. The van der Waals surface area contributed by atoms with E-state index >= 15 is 0 Å². The molecule has 0 aromatic heterocycles. The van der Waals surface area contributed by atoms with Crippen LogP contribution in [0.4, 0.5) is 0 Å². The number of carbonyl (C=O) groups excluding carboxylic acids is 1. The Kier molecular flexibility index (Phi) is 5.49. The number of ether oxygens (including phenoxy) is 3. The van der Waals surface area contributed by atoms with Crippen LogP contribution in [0.1, 0.15) is 61.8 Å². The predicted molar refractivity (Wildman–Crippen MR) is 82.9 cm³/mol. The van der Waals surface area contributed by atoms with E-state index in [-0.39, 0.29) is 24.1 Å². The molecule has 2 unspecified atom stereocenters. The van der Waals surface area contributed by atoms with Gasteiger partial charge in [0.25, 0.3) is 0 Å². The average Bonchev–Trinajstić information content (AvgIpc) is 2.63. The minimum Gasteiger partial charge on any atom is -0.462 e. The summed E-state index contributed by atoms with van der Waals surface area (Å²) >= 11 is 0. The maximum absolute atomic E-state index is 12.6. The third-order valence-electron chi connectivity index (χ3n) is 4.39. The Hall–Kier alpha value is -0.610. The maximum atomic E-state index is 12.6. The molecule has 0 radical (unpaired) electrons. The van der Waals surface area contributed by atoms with Gasteiger partial charge in [-0.05, 0) is 38.5 Å². The Bertz CT molecular complexity index is 367. The fourth-order valence-electron chi connectivity index (χ4n) is 2.69. The highest BCUT2D eigenvalue weighted by Gasteiger charge is 2.46. The van der Waals surface area contributed by atoms with Crippen LogP contribution in [-0.4, -0.2) is 31.1 Å². The molecule has 0 saturated carbocycles. The van der Waals surface area contributed by atoms with Crippen LogP contribution in [-0.2, 0) is 19.0 Å². The van der Waals surface area contributed by atoms with Crippen molar-refractivity contribution >= 4 is 5.97 Å². The van der Waals surface area contributed by atoms with E-state index < -0.39 is 11.2 Å². The van der Waals surface area contributed by atoms with Gasteiger partial charge in [0.15, 0.2) is 5.79 Å². The van der Waals surface area contributed by atoms with Crippen LogP contribution < -0.4 is 0 Å². The van der Waals surface area contributed by atoms with Gasteiger partial charge < -0.3 is 14.2 Å². The second-order valence-electron chi connectivity index (χ2n) is 8.23. The van der Waals surface area contributed by atoms with E-state index in [0.29, 0.717) is 12.5 Å². The van der Waals surface area contributed by atoms with Gasteiger partial charge in [0, 0.05) is 0 Å². The van der Waals surface area contributed by atoms with Gasteiger partial charge in [-0.3, -0.25) is 4.79 Å². The van der Waals surface area contributed by atoms with Gasteiger partial charge in [-0.2, -0.15) is 0 Å². The van der Waals surface area contributed by atoms with Crippen molar-refractivity contribution in [1.82, 2.24) is 0 Å². The van der Waals surface area contributed by atoms with Crippen molar-refractivity contribution < 1.29 is 19.0 Å². The van der Waals surface area contributed by atoms with Gasteiger partial charge in [-0.1, -0.05) is 34.6 Å². The van der Waals surface area contributed by atoms with Crippen LogP contribution >= 0.6 is 0 Å². The quantitative estimate of drug-likeness (QED) is 0.725. The van der Waals surface area contributed by atoms with E-state index in [1.807, 2.05) is 20.8 Å². The van der Waals surface area contributed by atoms with Crippen LogP contribution in [0.2, 0.25) is 0 Å². The molecule has 0 aliphatic carbocycles. The lowest BCUT2D eigenvalue weighted by Crippen LogP contribution is -2.43. The third kappa shape index (κ3) is 4.68. The molecule has 0 N–H and O–H groups in total. The molecule has 4 nitrogen and oxygen atoms in total. The highest BCUT2D eigenvalue weighted by atomic mass is 16.7. The topological polar surface area (TPSA) is 44.8 Å². The van der Waals surface area contributed by atoms with Gasteiger partial charge >= 0.3 is 5.97 Å². The summed E-state index contributed by atoms with van der Waals surface area (Å²) in [5.74, 6) is -0.286. The van der Waals surface area contributed by atoms with E-state index in [4.69, 9.17) is 14.2 Å². The van der Waals surface area contributed by atoms with Crippen molar-refractivity contribution in [2.24, 2.45) is 16.7 Å². The number of rotatable bonds is 5. The summed E-state index contributed by atoms with van der Waals surface area (Å²) in [6.45, 7) is 17.0. The molecule has 0 spiro atoms. The zero-order chi connectivity index (χ0) is 16.5. The lowest BCUT2D eigenvalue weighted by molar-refractivity contribution is -0.172.